The Morgan fingerprint density at radius 1 is 0.528 bits per heavy atom. The molecule has 2 aromatic carbocycles. The van der Waals surface area contributed by atoms with Crippen LogP contribution in [0.1, 0.15) is 60.0 Å². The maximum Gasteiger partial charge on any atom is 0.326 e. The Labute approximate surface area is 415 Å². The number of aliphatic carboxylic acids is 6. The maximum absolute atomic E-state index is 13.5. The minimum atomic E-state index is -1.56. The molecule has 0 saturated carbocycles. The molecule has 1 saturated heterocycles. The summed E-state index contributed by atoms with van der Waals surface area (Å²) in [6.07, 6.45) is 3.03. The fourth-order valence-corrected chi connectivity index (χ4v) is 7.34. The van der Waals surface area contributed by atoms with E-state index < -0.39 is 84.6 Å². The molecule has 1 aliphatic heterocycles. The van der Waals surface area contributed by atoms with Gasteiger partial charge in [-0.05, 0) is 55.4 Å². The third kappa shape index (κ3) is 24.4. The zero-order valence-electron chi connectivity index (χ0n) is 39.8. The van der Waals surface area contributed by atoms with Crippen LogP contribution in [0.3, 0.4) is 0 Å². The number of rotatable bonds is 28. The Balaban J connectivity index is 1.59. The Hall–Kier alpha value is -7.48. The Kier molecular flexibility index (Phi) is 25.9. The summed E-state index contributed by atoms with van der Waals surface area (Å²) in [5.41, 5.74) is 1.71. The number of carboxylic acid groups (broad SMARTS) is 6. The van der Waals surface area contributed by atoms with Crippen molar-refractivity contribution in [3.8, 4) is 0 Å². The predicted molar refractivity (Wildman–Crippen MR) is 257 cm³/mol. The molecule has 0 spiro atoms. The molecule has 1 aliphatic rings. The molecule has 3 rings (SSSR count). The molecule has 0 radical (unpaired) electrons. The molecule has 25 heteroatoms. The van der Waals surface area contributed by atoms with Crippen molar-refractivity contribution in [3.05, 3.63) is 77.4 Å². The zero-order chi connectivity index (χ0) is 53.0. The number of nitrogens with zero attached hydrogens (tertiary/aromatic N) is 4. The highest BCUT2D eigenvalue weighted by Gasteiger charge is 2.26. The Bertz CT molecular complexity index is 2150. The number of carboxylic acids is 6. The second-order valence-electron chi connectivity index (χ2n) is 17.0. The van der Waals surface area contributed by atoms with Crippen LogP contribution >= 0.6 is 0 Å². The van der Waals surface area contributed by atoms with Crippen LogP contribution in [0.2, 0.25) is 0 Å². The van der Waals surface area contributed by atoms with Crippen molar-refractivity contribution >= 4 is 65.6 Å². The van der Waals surface area contributed by atoms with Crippen LogP contribution in [-0.4, -0.2) is 213 Å². The molecule has 0 aromatic heterocycles. The highest BCUT2D eigenvalue weighted by Crippen LogP contribution is 2.10. The van der Waals surface area contributed by atoms with Crippen LogP contribution in [0.25, 0.3) is 6.08 Å². The van der Waals surface area contributed by atoms with Gasteiger partial charge < -0.3 is 57.2 Å². The number of amides is 5. The minimum Gasteiger partial charge on any atom is -0.481 e. The largest absolute Gasteiger partial charge is 0.481 e. The lowest BCUT2D eigenvalue weighted by molar-refractivity contribution is -0.141. The normalized spacial score (nSPS) is 15.6. The SMILES string of the molecule is O=C(O)CC[C@H](NC(=O)N[C@@H](CCCCNC(=O)[C@@H](C/C=C/c1ccccc1)NC(=O)c1ccc(CNC(=O)CN2CCN(CC(=O)O)CCN(CC(=O)O)CCN(CC(=O)O)CC2)cc1)C(=O)O)C(=O)O. The van der Waals surface area contributed by atoms with Crippen molar-refractivity contribution in [2.75, 3.05) is 85.1 Å². The number of unbranched alkanes of at least 4 members (excludes halogenated alkanes) is 1. The smallest absolute Gasteiger partial charge is 0.326 e. The van der Waals surface area contributed by atoms with Crippen LogP contribution in [0, 0.1) is 0 Å². The Morgan fingerprint density at radius 2 is 1.01 bits per heavy atom. The van der Waals surface area contributed by atoms with E-state index in [0.29, 0.717) is 5.56 Å². The number of hydrogen-bond donors (Lipinski definition) is 11. The topological polar surface area (TPSA) is 365 Å². The third-order valence-corrected chi connectivity index (χ3v) is 11.3. The van der Waals surface area contributed by atoms with Crippen molar-refractivity contribution in [1.82, 2.24) is 46.2 Å². The molecule has 72 heavy (non-hydrogen) atoms. The summed E-state index contributed by atoms with van der Waals surface area (Å²) in [7, 11) is 0. The first-order valence-corrected chi connectivity index (χ1v) is 23.2. The van der Waals surface area contributed by atoms with Crippen molar-refractivity contribution < 1.29 is 78.6 Å². The van der Waals surface area contributed by atoms with E-state index in [1.165, 1.54) is 12.1 Å². The first-order chi connectivity index (χ1) is 34.3. The fourth-order valence-electron chi connectivity index (χ4n) is 7.34. The monoisotopic (exact) mass is 1010 g/mol. The molecule has 0 unspecified atom stereocenters. The van der Waals surface area contributed by atoms with Gasteiger partial charge in [-0.15, -0.1) is 0 Å². The average Bonchev–Trinajstić information content (AvgIpc) is 3.31. The number of carbonyl (C=O) groups excluding carboxylic acids is 4. The van der Waals surface area contributed by atoms with E-state index in [0.717, 1.165) is 5.56 Å². The molecule has 0 bridgehead atoms. The van der Waals surface area contributed by atoms with Gasteiger partial charge in [0.05, 0.1) is 26.2 Å². The number of urea groups is 1. The molecule has 394 valence electrons. The van der Waals surface area contributed by atoms with E-state index in [-0.39, 0.29) is 129 Å². The van der Waals surface area contributed by atoms with Crippen LogP contribution in [0.5, 0.6) is 0 Å². The van der Waals surface area contributed by atoms with Crippen molar-refractivity contribution in [3.63, 3.8) is 0 Å². The standard InChI is InChI=1S/C47H65N9O16/c57-38(28-53-19-21-54(29-40(60)61)23-25-56(31-42(64)65)26-24-55(22-20-53)30-41(62)63)49-27-33-12-14-34(15-13-33)43(66)50-35(11-6-9-32-7-2-1-3-8-32)44(67)48-18-5-4-10-36(45(68)69)51-47(72)52-37(46(70)71)16-17-39(58)59/h1-3,6-9,12-15,35-37H,4-5,10-11,16-31H2,(H,48,67)(H,49,57)(H,50,66)(H,58,59)(H,60,61)(H,62,63)(H,64,65)(H,68,69)(H,70,71)(H2,51,52,72)/b9-6+/t35-,36+,37+/m1/s1. The molecular formula is C47H65N9O16. The van der Waals surface area contributed by atoms with E-state index in [1.807, 2.05) is 30.3 Å². The van der Waals surface area contributed by atoms with Gasteiger partial charge in [-0.1, -0.05) is 54.6 Å². The quantitative estimate of drug-likeness (QED) is 0.0471. The zero-order valence-corrected chi connectivity index (χ0v) is 39.8. The summed E-state index contributed by atoms with van der Waals surface area (Å²) in [5, 5.41) is 68.7. The molecule has 5 amide bonds. The lowest BCUT2D eigenvalue weighted by Crippen LogP contribution is -2.51. The lowest BCUT2D eigenvalue weighted by atomic mass is 10.1. The summed E-state index contributed by atoms with van der Waals surface area (Å²) in [6.45, 7) is 1.10. The van der Waals surface area contributed by atoms with Crippen LogP contribution in [0.4, 0.5) is 4.79 Å². The van der Waals surface area contributed by atoms with Crippen molar-refractivity contribution in [2.24, 2.45) is 0 Å². The van der Waals surface area contributed by atoms with Crippen LogP contribution in [-0.2, 0) is 44.9 Å². The van der Waals surface area contributed by atoms with Crippen molar-refractivity contribution in [2.45, 2.75) is 63.2 Å². The molecule has 0 aliphatic carbocycles. The van der Waals surface area contributed by atoms with Gasteiger partial charge in [-0.25, -0.2) is 14.4 Å². The van der Waals surface area contributed by atoms with Gasteiger partial charge >= 0.3 is 41.8 Å². The fraction of sp³-hybridized carbons (Fsp3) is 0.489. The molecule has 11 N–H and O–H groups in total. The first kappa shape index (κ1) is 58.8. The highest BCUT2D eigenvalue weighted by atomic mass is 16.4. The third-order valence-electron chi connectivity index (χ3n) is 11.3. The number of benzene rings is 2. The molecular weight excluding hydrogens is 947 g/mol. The average molecular weight is 1010 g/mol. The molecule has 25 nitrogen and oxygen atoms in total. The number of hydrogen-bond acceptors (Lipinski definition) is 14. The van der Waals surface area contributed by atoms with E-state index >= 15 is 0 Å². The number of nitrogens with one attached hydrogen (secondary N) is 5. The van der Waals surface area contributed by atoms with E-state index in [4.69, 9.17) is 5.11 Å². The van der Waals surface area contributed by atoms with Gasteiger partial charge in [0, 0.05) is 77.4 Å². The summed E-state index contributed by atoms with van der Waals surface area (Å²) in [5.74, 6) is -8.83. The summed E-state index contributed by atoms with van der Waals surface area (Å²) in [6, 6.07) is 10.4. The van der Waals surface area contributed by atoms with Gasteiger partial charge in [0.15, 0.2) is 0 Å². The summed E-state index contributed by atoms with van der Waals surface area (Å²) >= 11 is 0. The highest BCUT2D eigenvalue weighted by molar-refractivity contribution is 5.97. The molecule has 1 fully saturated rings. The van der Waals surface area contributed by atoms with Crippen LogP contribution < -0.4 is 26.6 Å². The number of carbonyl (C=O) groups is 10. The molecule has 1 heterocycles. The van der Waals surface area contributed by atoms with E-state index in [9.17, 15) is 73.5 Å². The van der Waals surface area contributed by atoms with E-state index in [1.54, 1.807) is 43.9 Å². The second kappa shape index (κ2) is 31.7. The van der Waals surface area contributed by atoms with E-state index in [2.05, 4.69) is 26.6 Å². The van der Waals surface area contributed by atoms with Gasteiger partial charge in [-0.3, -0.25) is 53.2 Å². The second-order valence-corrected chi connectivity index (χ2v) is 17.0. The van der Waals surface area contributed by atoms with Crippen LogP contribution in [0.15, 0.2) is 60.7 Å². The molecule has 2 aromatic rings. The van der Waals surface area contributed by atoms with Gasteiger partial charge in [0.25, 0.3) is 5.91 Å². The van der Waals surface area contributed by atoms with Crippen molar-refractivity contribution in [1.29, 1.82) is 0 Å². The summed E-state index contributed by atoms with van der Waals surface area (Å²) in [4.78, 5) is 128. The lowest BCUT2D eigenvalue weighted by Gasteiger charge is -2.32. The summed E-state index contributed by atoms with van der Waals surface area (Å²) < 4.78 is 0. The Morgan fingerprint density at radius 3 is 1.49 bits per heavy atom. The minimum absolute atomic E-state index is 0.0714. The van der Waals surface area contributed by atoms with Gasteiger partial charge in [0.2, 0.25) is 11.8 Å². The maximum atomic E-state index is 13.5. The van der Waals surface area contributed by atoms with Gasteiger partial charge in [-0.2, -0.15) is 0 Å². The predicted octanol–water partition coefficient (Wildman–Crippen LogP) is -0.663. The molecule has 3 atom stereocenters. The van der Waals surface area contributed by atoms with Gasteiger partial charge in [0.1, 0.15) is 18.1 Å². The first-order valence-electron chi connectivity index (χ1n) is 23.2.